The van der Waals surface area contributed by atoms with Gasteiger partial charge in [-0.3, -0.25) is 15.1 Å². The summed E-state index contributed by atoms with van der Waals surface area (Å²) in [6.45, 7) is 10.1. The molecule has 0 amide bonds. The third-order valence-electron chi connectivity index (χ3n) is 3.64. The van der Waals surface area contributed by atoms with Gasteiger partial charge in [-0.05, 0) is 23.5 Å². The van der Waals surface area contributed by atoms with E-state index in [0.717, 1.165) is 5.56 Å². The van der Waals surface area contributed by atoms with Gasteiger partial charge in [-0.1, -0.05) is 33.8 Å². The van der Waals surface area contributed by atoms with E-state index in [-0.39, 0.29) is 11.5 Å². The van der Waals surface area contributed by atoms with E-state index in [1.54, 1.807) is 12.4 Å². The van der Waals surface area contributed by atoms with E-state index in [1.807, 2.05) is 17.0 Å². The summed E-state index contributed by atoms with van der Waals surface area (Å²) in [6.07, 6.45) is 4.77. The number of anilines is 2. The Labute approximate surface area is 153 Å². The van der Waals surface area contributed by atoms with E-state index >= 15 is 0 Å². The van der Waals surface area contributed by atoms with Crippen molar-refractivity contribution in [2.75, 3.05) is 23.3 Å². The highest BCUT2D eigenvalue weighted by molar-refractivity contribution is 5.70. The zero-order chi connectivity index (χ0) is 19.1. The van der Waals surface area contributed by atoms with Crippen molar-refractivity contribution in [2.24, 2.45) is 11.8 Å². The van der Waals surface area contributed by atoms with Crippen LogP contribution in [0.4, 0.5) is 17.3 Å². The molecule has 2 aromatic rings. The van der Waals surface area contributed by atoms with Crippen LogP contribution in [0.2, 0.25) is 0 Å². The van der Waals surface area contributed by atoms with Crippen LogP contribution in [0.3, 0.4) is 0 Å². The predicted octanol–water partition coefficient (Wildman–Crippen LogP) is 3.51. The van der Waals surface area contributed by atoms with Crippen LogP contribution in [0.1, 0.15) is 33.3 Å². The lowest BCUT2D eigenvalue weighted by Gasteiger charge is -2.27. The summed E-state index contributed by atoms with van der Waals surface area (Å²) in [4.78, 5) is 25.7. The summed E-state index contributed by atoms with van der Waals surface area (Å²) >= 11 is 0. The number of rotatable bonds is 9. The molecule has 0 fully saturated rings. The lowest BCUT2D eigenvalue weighted by atomic mass is 10.1. The molecular weight excluding hydrogens is 332 g/mol. The number of nitrogens with zero attached hydrogens (tertiary/aromatic N) is 5. The van der Waals surface area contributed by atoms with Gasteiger partial charge in [0.05, 0.1) is 4.92 Å². The van der Waals surface area contributed by atoms with Crippen LogP contribution >= 0.6 is 0 Å². The van der Waals surface area contributed by atoms with E-state index in [1.165, 1.54) is 6.33 Å². The molecule has 0 aromatic carbocycles. The van der Waals surface area contributed by atoms with Gasteiger partial charge in [0, 0.05) is 32.0 Å². The normalized spacial score (nSPS) is 11.0. The fourth-order valence-corrected chi connectivity index (χ4v) is 2.72. The molecule has 8 nitrogen and oxygen atoms in total. The minimum absolute atomic E-state index is 0.0855. The van der Waals surface area contributed by atoms with E-state index in [9.17, 15) is 10.1 Å². The maximum absolute atomic E-state index is 11.8. The van der Waals surface area contributed by atoms with Gasteiger partial charge in [-0.15, -0.1) is 0 Å². The number of pyridine rings is 1. The second kappa shape index (κ2) is 9.07. The fraction of sp³-hybridized carbons (Fsp3) is 0.500. The molecule has 0 aliphatic rings. The smallest absolute Gasteiger partial charge is 0.353 e. The van der Waals surface area contributed by atoms with Crippen molar-refractivity contribution in [1.29, 1.82) is 0 Å². The molecule has 2 aromatic heterocycles. The van der Waals surface area contributed by atoms with E-state index in [2.05, 4.69) is 48.0 Å². The zero-order valence-corrected chi connectivity index (χ0v) is 15.7. The van der Waals surface area contributed by atoms with E-state index in [0.29, 0.717) is 37.3 Å². The van der Waals surface area contributed by atoms with Crippen LogP contribution in [-0.2, 0) is 6.54 Å². The summed E-state index contributed by atoms with van der Waals surface area (Å²) < 4.78 is 0. The van der Waals surface area contributed by atoms with E-state index in [4.69, 9.17) is 0 Å². The summed E-state index contributed by atoms with van der Waals surface area (Å²) in [7, 11) is 0. The second-order valence-electron chi connectivity index (χ2n) is 7.06. The average molecular weight is 358 g/mol. The monoisotopic (exact) mass is 358 g/mol. The largest absolute Gasteiger partial charge is 0.360 e. The first-order chi connectivity index (χ1) is 12.4. The van der Waals surface area contributed by atoms with Crippen LogP contribution in [-0.4, -0.2) is 33.0 Å². The standard InChI is InChI=1S/C18H26N6O2/c1-13(2)10-23(11-14(3)4)18-16(24(25)26)17(21-12-22-18)20-9-15-6-5-7-19-8-15/h5-8,12-14H,9-11H2,1-4H3,(H,20,21,22). The third kappa shape index (κ3) is 5.37. The molecule has 0 aliphatic heterocycles. The molecule has 0 aliphatic carbocycles. The Kier molecular flexibility index (Phi) is 6.82. The first-order valence-corrected chi connectivity index (χ1v) is 8.75. The van der Waals surface area contributed by atoms with Crippen molar-refractivity contribution >= 4 is 17.3 Å². The summed E-state index contributed by atoms with van der Waals surface area (Å²) in [5.74, 6) is 1.30. The number of nitro groups is 1. The predicted molar refractivity (Wildman–Crippen MR) is 102 cm³/mol. The van der Waals surface area contributed by atoms with Crippen molar-refractivity contribution in [3.8, 4) is 0 Å². The Bertz CT molecular complexity index is 711. The molecule has 26 heavy (non-hydrogen) atoms. The highest BCUT2D eigenvalue weighted by atomic mass is 16.6. The summed E-state index contributed by atoms with van der Waals surface area (Å²) in [5.41, 5.74) is 0.834. The second-order valence-corrected chi connectivity index (χ2v) is 7.06. The van der Waals surface area contributed by atoms with Crippen LogP contribution in [0.5, 0.6) is 0 Å². The van der Waals surface area contributed by atoms with Crippen LogP contribution in [0.25, 0.3) is 0 Å². The minimum atomic E-state index is -0.408. The van der Waals surface area contributed by atoms with Crippen molar-refractivity contribution in [1.82, 2.24) is 15.0 Å². The van der Waals surface area contributed by atoms with Crippen LogP contribution < -0.4 is 10.2 Å². The van der Waals surface area contributed by atoms with Crippen molar-refractivity contribution < 1.29 is 4.92 Å². The van der Waals surface area contributed by atoms with Crippen LogP contribution in [0.15, 0.2) is 30.9 Å². The summed E-state index contributed by atoms with van der Waals surface area (Å²) in [5, 5.41) is 14.8. The molecular formula is C18H26N6O2. The van der Waals surface area contributed by atoms with Crippen molar-refractivity contribution in [3.05, 3.63) is 46.5 Å². The first kappa shape index (κ1) is 19.6. The van der Waals surface area contributed by atoms with Gasteiger partial charge in [-0.25, -0.2) is 9.97 Å². The summed E-state index contributed by atoms with van der Waals surface area (Å²) in [6, 6.07) is 3.72. The molecule has 0 atom stereocenters. The van der Waals surface area contributed by atoms with Crippen LogP contribution in [0, 0.1) is 22.0 Å². The van der Waals surface area contributed by atoms with Crippen molar-refractivity contribution in [2.45, 2.75) is 34.2 Å². The molecule has 1 N–H and O–H groups in total. The molecule has 2 heterocycles. The molecule has 2 rings (SSSR count). The lowest BCUT2D eigenvalue weighted by Crippen LogP contribution is -2.32. The number of hydrogen-bond acceptors (Lipinski definition) is 7. The first-order valence-electron chi connectivity index (χ1n) is 8.75. The SMILES string of the molecule is CC(C)CN(CC(C)C)c1ncnc(NCc2cccnc2)c1[N+](=O)[O-]. The Hall–Kier alpha value is -2.77. The molecule has 140 valence electrons. The van der Waals surface area contributed by atoms with Crippen molar-refractivity contribution in [3.63, 3.8) is 0 Å². The molecule has 8 heteroatoms. The maximum atomic E-state index is 11.8. The van der Waals surface area contributed by atoms with Gasteiger partial charge in [0.15, 0.2) is 0 Å². The Morgan fingerprint density at radius 1 is 1.19 bits per heavy atom. The number of nitrogens with one attached hydrogen (secondary N) is 1. The lowest BCUT2D eigenvalue weighted by molar-refractivity contribution is -0.383. The molecule has 0 spiro atoms. The minimum Gasteiger partial charge on any atom is -0.360 e. The topological polar surface area (TPSA) is 97.1 Å². The fourth-order valence-electron chi connectivity index (χ4n) is 2.72. The van der Waals surface area contributed by atoms with Gasteiger partial charge in [0.2, 0.25) is 11.6 Å². The Morgan fingerprint density at radius 3 is 2.42 bits per heavy atom. The quantitative estimate of drug-likeness (QED) is 0.541. The highest BCUT2D eigenvalue weighted by Gasteiger charge is 2.27. The molecule has 0 unspecified atom stereocenters. The Morgan fingerprint density at radius 2 is 1.88 bits per heavy atom. The molecule has 0 saturated carbocycles. The number of aromatic nitrogens is 3. The molecule has 0 bridgehead atoms. The van der Waals surface area contributed by atoms with Gasteiger partial charge in [0.25, 0.3) is 0 Å². The Balaban J connectivity index is 2.34. The highest BCUT2D eigenvalue weighted by Crippen LogP contribution is 2.32. The van der Waals surface area contributed by atoms with Gasteiger partial charge in [0.1, 0.15) is 6.33 Å². The molecule has 0 radical (unpaired) electrons. The van der Waals surface area contributed by atoms with E-state index < -0.39 is 4.92 Å². The zero-order valence-electron chi connectivity index (χ0n) is 15.7. The van der Waals surface area contributed by atoms with Gasteiger partial charge >= 0.3 is 5.69 Å². The maximum Gasteiger partial charge on any atom is 0.353 e. The third-order valence-corrected chi connectivity index (χ3v) is 3.64. The number of hydrogen-bond donors (Lipinski definition) is 1. The van der Waals surface area contributed by atoms with Gasteiger partial charge < -0.3 is 10.2 Å². The average Bonchev–Trinajstić information content (AvgIpc) is 2.59. The van der Waals surface area contributed by atoms with Gasteiger partial charge in [-0.2, -0.15) is 0 Å². The molecule has 0 saturated heterocycles.